The van der Waals surface area contributed by atoms with Gasteiger partial charge in [0.25, 0.3) is 0 Å². The van der Waals surface area contributed by atoms with Gasteiger partial charge in [-0.05, 0) is 0 Å². The van der Waals surface area contributed by atoms with Gasteiger partial charge in [0.2, 0.25) is 0 Å². The first-order chi connectivity index (χ1) is 6.27. The van der Waals surface area contributed by atoms with Crippen LogP contribution in [-0.4, -0.2) is 11.5 Å². The van der Waals surface area contributed by atoms with Gasteiger partial charge in [-0.3, -0.25) is 0 Å². The molecule has 0 aliphatic heterocycles. The largest absolute Gasteiger partial charge is 0.330 e. The molecule has 0 fully saturated rings. The molecule has 0 bridgehead atoms. The summed E-state index contributed by atoms with van der Waals surface area (Å²) in [4.78, 5) is 5.75. The van der Waals surface area contributed by atoms with Crippen molar-refractivity contribution in [2.45, 2.75) is 45.4 Å². The highest BCUT2D eigenvalue weighted by atomic mass is 32.1. The first kappa shape index (κ1) is 11.7. The van der Waals surface area contributed by atoms with Gasteiger partial charge in [0.1, 0.15) is 0 Å². The van der Waals surface area contributed by atoms with Gasteiger partial charge in [-0.25, -0.2) is 4.98 Å². The number of hydrogen-bond acceptors (Lipinski definition) is 3. The van der Waals surface area contributed by atoms with Gasteiger partial charge in [0.05, 0.1) is 5.01 Å². The quantitative estimate of drug-likeness (QED) is 0.818. The summed E-state index contributed by atoms with van der Waals surface area (Å²) >= 11 is 1.78. The lowest BCUT2D eigenvalue weighted by Gasteiger charge is -2.20. The third-order valence-corrected chi connectivity index (χ3v) is 4.11. The summed E-state index contributed by atoms with van der Waals surface area (Å²) in [6.07, 6.45) is 1.97. The van der Waals surface area contributed by atoms with E-state index in [4.69, 9.17) is 5.73 Å². The Bertz CT molecular complexity index is 307. The van der Waals surface area contributed by atoms with Gasteiger partial charge < -0.3 is 5.73 Å². The number of rotatable bonds is 2. The van der Waals surface area contributed by atoms with Gasteiger partial charge in [-0.15, -0.1) is 11.3 Å². The zero-order valence-electron chi connectivity index (χ0n) is 9.72. The molecular formula is C11H20N2S. The third-order valence-electron chi connectivity index (χ3n) is 2.32. The monoisotopic (exact) mass is 212 g/mol. The van der Waals surface area contributed by atoms with Crippen LogP contribution in [0.1, 0.15) is 44.5 Å². The molecule has 14 heavy (non-hydrogen) atoms. The van der Waals surface area contributed by atoms with Crippen molar-refractivity contribution in [3.05, 3.63) is 16.1 Å². The van der Waals surface area contributed by atoms with Crippen molar-refractivity contribution < 1.29 is 0 Å². The van der Waals surface area contributed by atoms with Crippen molar-refractivity contribution in [1.82, 2.24) is 4.98 Å². The fraction of sp³-hybridized carbons (Fsp3) is 0.727. The lowest BCUT2D eigenvalue weighted by Crippen LogP contribution is -2.26. The molecule has 0 aromatic carbocycles. The maximum absolute atomic E-state index is 5.74. The van der Waals surface area contributed by atoms with E-state index in [0.717, 1.165) is 0 Å². The highest BCUT2D eigenvalue weighted by Gasteiger charge is 2.25. The molecule has 2 N–H and O–H groups in total. The minimum atomic E-state index is 0.0567. The molecule has 3 heteroatoms. The Morgan fingerprint density at radius 2 is 1.86 bits per heavy atom. The SMILES string of the molecule is CC(C)(C)c1ncc(C(C)(C)CN)s1. The number of thiazole rings is 1. The summed E-state index contributed by atoms with van der Waals surface area (Å²) in [6, 6.07) is 0. The predicted octanol–water partition coefficient (Wildman–Crippen LogP) is 2.68. The van der Waals surface area contributed by atoms with Gasteiger partial charge in [0, 0.05) is 28.4 Å². The van der Waals surface area contributed by atoms with E-state index in [1.165, 1.54) is 9.88 Å². The number of hydrogen-bond donors (Lipinski definition) is 1. The fourth-order valence-corrected chi connectivity index (χ4v) is 2.12. The fourth-order valence-electron chi connectivity index (χ4n) is 1.03. The molecule has 0 saturated carbocycles. The van der Waals surface area contributed by atoms with E-state index >= 15 is 0 Å². The average molecular weight is 212 g/mol. The molecule has 1 aromatic rings. The normalized spacial score (nSPS) is 13.3. The van der Waals surface area contributed by atoms with Crippen LogP contribution < -0.4 is 5.73 Å². The molecule has 1 heterocycles. The van der Waals surface area contributed by atoms with Crippen molar-refractivity contribution in [3.63, 3.8) is 0 Å². The second-order valence-corrected chi connectivity index (χ2v) is 6.40. The molecule has 1 rings (SSSR count). The Labute approximate surface area is 90.6 Å². The Balaban J connectivity index is 3.00. The Hall–Kier alpha value is -0.410. The van der Waals surface area contributed by atoms with E-state index in [1.807, 2.05) is 6.20 Å². The minimum absolute atomic E-state index is 0.0567. The topological polar surface area (TPSA) is 38.9 Å². The predicted molar refractivity (Wildman–Crippen MR) is 62.9 cm³/mol. The van der Waals surface area contributed by atoms with E-state index in [2.05, 4.69) is 39.6 Å². The van der Waals surface area contributed by atoms with Crippen molar-refractivity contribution >= 4 is 11.3 Å². The molecule has 0 amide bonds. The summed E-state index contributed by atoms with van der Waals surface area (Å²) in [5.41, 5.74) is 5.94. The molecule has 0 aliphatic rings. The highest BCUT2D eigenvalue weighted by molar-refractivity contribution is 7.11. The number of nitrogens with two attached hydrogens (primary N) is 1. The van der Waals surface area contributed by atoms with Gasteiger partial charge in [0.15, 0.2) is 0 Å². The molecule has 0 unspecified atom stereocenters. The van der Waals surface area contributed by atoms with E-state index in [0.29, 0.717) is 6.54 Å². The maximum atomic E-state index is 5.74. The van der Waals surface area contributed by atoms with Crippen LogP contribution >= 0.6 is 11.3 Å². The second kappa shape index (κ2) is 3.63. The molecule has 80 valence electrons. The Morgan fingerprint density at radius 3 is 2.21 bits per heavy atom. The number of aromatic nitrogens is 1. The lowest BCUT2D eigenvalue weighted by atomic mass is 9.93. The summed E-state index contributed by atoms with van der Waals surface area (Å²) in [7, 11) is 0. The van der Waals surface area contributed by atoms with E-state index < -0.39 is 0 Å². The van der Waals surface area contributed by atoms with Crippen molar-refractivity contribution in [1.29, 1.82) is 0 Å². The maximum Gasteiger partial charge on any atom is 0.0981 e. The first-order valence-corrected chi connectivity index (χ1v) is 5.76. The lowest BCUT2D eigenvalue weighted by molar-refractivity contribution is 0.549. The van der Waals surface area contributed by atoms with Crippen LogP contribution in [0.25, 0.3) is 0 Å². The van der Waals surface area contributed by atoms with Crippen LogP contribution in [0.5, 0.6) is 0 Å². The molecule has 0 spiro atoms. The van der Waals surface area contributed by atoms with E-state index in [9.17, 15) is 0 Å². The van der Waals surface area contributed by atoms with Crippen molar-refractivity contribution in [2.75, 3.05) is 6.54 Å². The minimum Gasteiger partial charge on any atom is -0.330 e. The van der Waals surface area contributed by atoms with Gasteiger partial charge in [-0.2, -0.15) is 0 Å². The van der Waals surface area contributed by atoms with Crippen LogP contribution in [0, 0.1) is 0 Å². The molecule has 0 atom stereocenters. The molecule has 2 nitrogen and oxygen atoms in total. The van der Waals surface area contributed by atoms with Crippen molar-refractivity contribution in [2.24, 2.45) is 5.73 Å². The van der Waals surface area contributed by atoms with Gasteiger partial charge in [-0.1, -0.05) is 34.6 Å². The highest BCUT2D eigenvalue weighted by Crippen LogP contribution is 2.32. The van der Waals surface area contributed by atoms with Crippen LogP contribution in [0.2, 0.25) is 0 Å². The van der Waals surface area contributed by atoms with Crippen LogP contribution in [0.15, 0.2) is 6.20 Å². The molecule has 0 saturated heterocycles. The van der Waals surface area contributed by atoms with Gasteiger partial charge >= 0.3 is 0 Å². The van der Waals surface area contributed by atoms with Crippen molar-refractivity contribution in [3.8, 4) is 0 Å². The molecule has 0 radical (unpaired) electrons. The smallest absolute Gasteiger partial charge is 0.0981 e. The Morgan fingerprint density at radius 1 is 1.29 bits per heavy atom. The summed E-state index contributed by atoms with van der Waals surface area (Å²) < 4.78 is 0. The third kappa shape index (κ3) is 2.34. The van der Waals surface area contributed by atoms with E-state index in [-0.39, 0.29) is 10.8 Å². The second-order valence-electron chi connectivity index (χ2n) is 5.37. The standard InChI is InChI=1S/C11H20N2S/c1-10(2,3)9-13-6-8(14-9)11(4,5)7-12/h6H,7,12H2,1-5H3. The molecular weight excluding hydrogens is 192 g/mol. The summed E-state index contributed by atoms with van der Waals surface area (Å²) in [5.74, 6) is 0. The van der Waals surface area contributed by atoms with Crippen LogP contribution in [0.3, 0.4) is 0 Å². The zero-order valence-corrected chi connectivity index (χ0v) is 10.5. The summed E-state index contributed by atoms with van der Waals surface area (Å²) in [5, 5.41) is 1.19. The average Bonchev–Trinajstić information content (AvgIpc) is 2.51. The molecule has 0 aliphatic carbocycles. The summed E-state index contributed by atoms with van der Waals surface area (Å²) in [6.45, 7) is 11.5. The van der Waals surface area contributed by atoms with E-state index in [1.54, 1.807) is 11.3 Å². The van der Waals surface area contributed by atoms with Crippen LogP contribution in [-0.2, 0) is 10.8 Å². The zero-order chi connectivity index (χ0) is 11.0. The first-order valence-electron chi connectivity index (χ1n) is 4.94. The van der Waals surface area contributed by atoms with Crippen LogP contribution in [0.4, 0.5) is 0 Å². The molecule has 1 aromatic heterocycles. The number of nitrogens with zero attached hydrogens (tertiary/aromatic N) is 1. The Kier molecular flexibility index (Phi) is 3.02.